The molecule has 1 atom stereocenters. The number of rotatable bonds is 4. The van der Waals surface area contributed by atoms with Crippen molar-refractivity contribution in [3.05, 3.63) is 51.9 Å². The van der Waals surface area contributed by atoms with Gasteiger partial charge in [-0.25, -0.2) is 5.10 Å². The molecule has 0 saturated heterocycles. The Balaban J connectivity index is 2.04. The third-order valence-electron chi connectivity index (χ3n) is 2.60. The van der Waals surface area contributed by atoms with E-state index in [0.717, 1.165) is 0 Å². The monoisotopic (exact) mass is 292 g/mol. The fourth-order valence-corrected chi connectivity index (χ4v) is 1.70. The van der Waals surface area contributed by atoms with Gasteiger partial charge in [0.15, 0.2) is 0 Å². The first-order chi connectivity index (χ1) is 9.58. The molecular formula is C13H13ClN4O2. The molecule has 3 N–H and O–H groups in total. The lowest BCUT2D eigenvalue weighted by molar-refractivity contribution is -0.116. The molecule has 1 aromatic heterocycles. The van der Waals surface area contributed by atoms with Gasteiger partial charge in [0.05, 0.1) is 11.9 Å². The Bertz CT molecular complexity index is 657. The minimum Gasteiger partial charge on any atom is -0.371 e. The number of aromatic nitrogens is 2. The van der Waals surface area contributed by atoms with Crippen molar-refractivity contribution >= 4 is 28.9 Å². The summed E-state index contributed by atoms with van der Waals surface area (Å²) in [6.45, 7) is 1.66. The molecule has 0 aliphatic heterocycles. The summed E-state index contributed by atoms with van der Waals surface area (Å²) in [7, 11) is 0. The van der Waals surface area contributed by atoms with E-state index in [0.29, 0.717) is 11.4 Å². The molecule has 20 heavy (non-hydrogen) atoms. The quantitative estimate of drug-likeness (QED) is 0.803. The molecule has 0 aliphatic carbocycles. The first-order valence-electron chi connectivity index (χ1n) is 5.93. The second kappa shape index (κ2) is 6.21. The average molecular weight is 293 g/mol. The predicted molar refractivity (Wildman–Crippen MR) is 78.0 cm³/mol. The third kappa shape index (κ3) is 3.36. The van der Waals surface area contributed by atoms with Crippen LogP contribution in [0.5, 0.6) is 0 Å². The Hall–Kier alpha value is -2.34. The predicted octanol–water partition coefficient (Wildman–Crippen LogP) is 1.86. The first-order valence-corrected chi connectivity index (χ1v) is 6.31. The number of para-hydroxylation sites is 1. The maximum atomic E-state index is 12.0. The molecular weight excluding hydrogens is 280 g/mol. The van der Waals surface area contributed by atoms with Crippen LogP contribution in [0.4, 0.5) is 11.4 Å². The number of aromatic amines is 1. The number of amides is 1. The van der Waals surface area contributed by atoms with Gasteiger partial charge in [-0.05, 0) is 19.1 Å². The fraction of sp³-hybridized carbons (Fsp3) is 0.154. The molecule has 1 heterocycles. The zero-order chi connectivity index (χ0) is 14.5. The molecule has 0 bridgehead atoms. The van der Waals surface area contributed by atoms with Crippen LogP contribution in [0.15, 0.2) is 41.3 Å². The largest absolute Gasteiger partial charge is 0.371 e. The number of nitrogens with zero attached hydrogens (tertiary/aromatic N) is 1. The molecule has 0 aliphatic rings. The number of hydrogen-bond donors (Lipinski definition) is 3. The highest BCUT2D eigenvalue weighted by atomic mass is 35.5. The molecule has 0 fully saturated rings. The molecule has 0 saturated carbocycles. The van der Waals surface area contributed by atoms with Gasteiger partial charge >= 0.3 is 0 Å². The van der Waals surface area contributed by atoms with Crippen molar-refractivity contribution in [2.75, 3.05) is 10.6 Å². The smallest absolute Gasteiger partial charge is 0.285 e. The summed E-state index contributed by atoms with van der Waals surface area (Å²) >= 11 is 5.82. The Labute approximate surface area is 120 Å². The van der Waals surface area contributed by atoms with Gasteiger partial charge in [-0.2, -0.15) is 5.10 Å². The number of carbonyl (C=O) groups is 1. The molecule has 0 spiro atoms. The first kappa shape index (κ1) is 14.1. The van der Waals surface area contributed by atoms with Crippen LogP contribution >= 0.6 is 11.6 Å². The summed E-state index contributed by atoms with van der Waals surface area (Å²) in [6.07, 6.45) is 1.36. The Morgan fingerprint density at radius 1 is 1.35 bits per heavy atom. The fourth-order valence-electron chi connectivity index (χ4n) is 1.55. The second-order valence-electron chi connectivity index (χ2n) is 4.15. The molecule has 1 unspecified atom stereocenters. The van der Waals surface area contributed by atoms with Gasteiger partial charge < -0.3 is 10.6 Å². The van der Waals surface area contributed by atoms with Crippen molar-refractivity contribution < 1.29 is 4.79 Å². The van der Waals surface area contributed by atoms with E-state index in [9.17, 15) is 9.59 Å². The summed E-state index contributed by atoms with van der Waals surface area (Å²) in [5.41, 5.74) is 0.500. The summed E-state index contributed by atoms with van der Waals surface area (Å²) < 4.78 is 0. The normalized spacial score (nSPS) is 11.7. The van der Waals surface area contributed by atoms with Crippen molar-refractivity contribution in [2.45, 2.75) is 13.0 Å². The third-order valence-corrected chi connectivity index (χ3v) is 2.98. The van der Waals surface area contributed by atoms with Crippen molar-refractivity contribution in [3.63, 3.8) is 0 Å². The van der Waals surface area contributed by atoms with Gasteiger partial charge in [0.1, 0.15) is 11.1 Å². The summed E-state index contributed by atoms with van der Waals surface area (Å²) in [5.74, 6) is -0.243. The van der Waals surface area contributed by atoms with Gasteiger partial charge in [0.25, 0.3) is 5.56 Å². The number of carbonyl (C=O) groups excluding carboxylic acids is 1. The van der Waals surface area contributed by atoms with Crippen LogP contribution in [0.3, 0.4) is 0 Å². The van der Waals surface area contributed by atoms with E-state index in [1.54, 1.807) is 19.1 Å². The SMILES string of the molecule is CC(Nc1cn[nH]c(=O)c1Cl)C(=O)Nc1ccccc1. The molecule has 1 aromatic carbocycles. The van der Waals surface area contributed by atoms with Crippen LogP contribution in [-0.4, -0.2) is 22.1 Å². The highest BCUT2D eigenvalue weighted by Crippen LogP contribution is 2.16. The summed E-state index contributed by atoms with van der Waals surface area (Å²) in [5, 5.41) is 11.4. The number of anilines is 2. The maximum Gasteiger partial charge on any atom is 0.285 e. The zero-order valence-electron chi connectivity index (χ0n) is 10.7. The van der Waals surface area contributed by atoms with E-state index in [4.69, 9.17) is 11.6 Å². The van der Waals surface area contributed by atoms with E-state index in [1.165, 1.54) is 6.20 Å². The summed E-state index contributed by atoms with van der Waals surface area (Å²) in [4.78, 5) is 23.3. The zero-order valence-corrected chi connectivity index (χ0v) is 11.4. The van der Waals surface area contributed by atoms with E-state index < -0.39 is 11.6 Å². The van der Waals surface area contributed by atoms with Gasteiger partial charge in [-0.15, -0.1) is 0 Å². The Morgan fingerprint density at radius 3 is 2.75 bits per heavy atom. The lowest BCUT2D eigenvalue weighted by Gasteiger charge is -2.15. The Kier molecular flexibility index (Phi) is 4.37. The van der Waals surface area contributed by atoms with E-state index in [1.807, 2.05) is 18.2 Å². The molecule has 0 radical (unpaired) electrons. The van der Waals surface area contributed by atoms with Gasteiger partial charge in [0, 0.05) is 5.69 Å². The number of nitrogens with one attached hydrogen (secondary N) is 3. The number of halogens is 1. The highest BCUT2D eigenvalue weighted by Gasteiger charge is 2.15. The van der Waals surface area contributed by atoms with Crippen LogP contribution in [0.2, 0.25) is 5.02 Å². The standard InChI is InChI=1S/C13H13ClN4O2/c1-8(12(19)17-9-5-3-2-4-6-9)16-10-7-15-18-13(20)11(10)14/h2-8H,1H3,(H,17,19)(H2,16,18,20). The van der Waals surface area contributed by atoms with E-state index in [-0.39, 0.29) is 10.9 Å². The topological polar surface area (TPSA) is 86.9 Å². The Morgan fingerprint density at radius 2 is 2.05 bits per heavy atom. The van der Waals surface area contributed by atoms with Crippen LogP contribution in [0.25, 0.3) is 0 Å². The molecule has 2 aromatic rings. The van der Waals surface area contributed by atoms with Crippen LogP contribution in [0.1, 0.15) is 6.92 Å². The van der Waals surface area contributed by atoms with Crippen molar-refractivity contribution in [1.29, 1.82) is 0 Å². The van der Waals surface area contributed by atoms with E-state index >= 15 is 0 Å². The highest BCUT2D eigenvalue weighted by molar-refractivity contribution is 6.33. The minimum atomic E-state index is -0.573. The van der Waals surface area contributed by atoms with E-state index in [2.05, 4.69) is 20.8 Å². The average Bonchev–Trinajstić information content (AvgIpc) is 2.45. The molecule has 104 valence electrons. The van der Waals surface area contributed by atoms with Crippen LogP contribution in [0, 0.1) is 0 Å². The van der Waals surface area contributed by atoms with Crippen molar-refractivity contribution in [2.24, 2.45) is 0 Å². The number of H-pyrrole nitrogens is 1. The molecule has 7 heteroatoms. The maximum absolute atomic E-state index is 12.0. The second-order valence-corrected chi connectivity index (χ2v) is 4.53. The van der Waals surface area contributed by atoms with Crippen LogP contribution in [-0.2, 0) is 4.79 Å². The van der Waals surface area contributed by atoms with Crippen molar-refractivity contribution in [3.8, 4) is 0 Å². The van der Waals surface area contributed by atoms with Gasteiger partial charge in [0.2, 0.25) is 5.91 Å². The molecule has 6 nitrogen and oxygen atoms in total. The van der Waals surface area contributed by atoms with Crippen molar-refractivity contribution in [1.82, 2.24) is 10.2 Å². The lowest BCUT2D eigenvalue weighted by atomic mass is 10.2. The minimum absolute atomic E-state index is 0.0284. The van der Waals surface area contributed by atoms with Gasteiger partial charge in [-0.3, -0.25) is 9.59 Å². The van der Waals surface area contributed by atoms with Gasteiger partial charge in [-0.1, -0.05) is 29.8 Å². The number of benzene rings is 1. The molecule has 2 rings (SSSR count). The molecule has 1 amide bonds. The summed E-state index contributed by atoms with van der Waals surface area (Å²) in [6, 6.07) is 8.50. The number of hydrogen-bond acceptors (Lipinski definition) is 4. The van der Waals surface area contributed by atoms with Crippen LogP contribution < -0.4 is 16.2 Å². The lowest BCUT2D eigenvalue weighted by Crippen LogP contribution is -2.32.